The van der Waals surface area contributed by atoms with E-state index < -0.39 is 0 Å². The number of carbonyl (C=O) groups is 1. The Morgan fingerprint density at radius 2 is 2.00 bits per heavy atom. The molecule has 0 atom stereocenters. The third-order valence-corrected chi connectivity index (χ3v) is 2.07. The van der Waals surface area contributed by atoms with Crippen LogP contribution in [-0.2, 0) is 9.49 Å². The highest BCUT2D eigenvalue weighted by molar-refractivity contribution is 14.1. The van der Waals surface area contributed by atoms with Gasteiger partial charge in [-0.3, -0.25) is 0 Å². The molecule has 0 bridgehead atoms. The van der Waals surface area contributed by atoms with Crippen molar-refractivity contribution in [3.05, 3.63) is 35.4 Å². The molecule has 0 saturated heterocycles. The van der Waals surface area contributed by atoms with Crippen LogP contribution in [0, 0.1) is 0 Å². The van der Waals surface area contributed by atoms with Gasteiger partial charge < -0.3 is 3.07 Å². The smallest absolute Gasteiger partial charge is 0.347 e. The highest BCUT2D eigenvalue weighted by Gasteiger charge is 2.03. The number of hydrogen-bond donors (Lipinski definition) is 0. The normalized spacial score (nSPS) is 9.50. The van der Waals surface area contributed by atoms with Crippen LogP contribution in [0.15, 0.2) is 24.3 Å². The summed E-state index contributed by atoms with van der Waals surface area (Å²) in [5.74, 6) is -0.293. The molecule has 0 aliphatic rings. The van der Waals surface area contributed by atoms with E-state index in [2.05, 4.69) is 9.99 Å². The fraction of sp³-hybridized carbons (Fsp3) is 0.222. The molecule has 0 aliphatic heterocycles. The van der Waals surface area contributed by atoms with Crippen molar-refractivity contribution in [2.75, 3.05) is 0 Å². The van der Waals surface area contributed by atoms with Crippen molar-refractivity contribution in [1.82, 2.24) is 0 Å². The van der Waals surface area contributed by atoms with Gasteiger partial charge in [0.2, 0.25) is 0 Å². The van der Waals surface area contributed by atoms with Crippen molar-refractivity contribution in [3.63, 3.8) is 0 Å². The van der Waals surface area contributed by atoms with Crippen molar-refractivity contribution in [3.8, 4) is 0 Å². The Hall–Kier alpha value is -0.580. The Labute approximate surface area is 85.6 Å². The summed E-state index contributed by atoms with van der Waals surface area (Å²) in [5, 5.41) is 0. The van der Waals surface area contributed by atoms with Gasteiger partial charge in [0.15, 0.2) is 23.0 Å². The molecule has 0 aliphatic carbocycles. The standard InChI is InChI=1S/C9H9IO2/c1-2-7-3-5-8(6-4-7)9(11)12-10/h3-6H,2H2,1H3. The Balaban J connectivity index is 2.84. The van der Waals surface area contributed by atoms with Gasteiger partial charge in [-0.05, 0) is 24.1 Å². The lowest BCUT2D eigenvalue weighted by Gasteiger charge is -1.98. The molecule has 0 unspecified atom stereocenters. The largest absolute Gasteiger partial charge is 0.391 e. The zero-order chi connectivity index (χ0) is 8.97. The lowest BCUT2D eigenvalue weighted by Crippen LogP contribution is -1.97. The molecule has 0 heterocycles. The van der Waals surface area contributed by atoms with Crippen LogP contribution in [0.5, 0.6) is 0 Å². The molecular weight excluding hydrogens is 267 g/mol. The summed E-state index contributed by atoms with van der Waals surface area (Å²) >= 11 is 1.59. The van der Waals surface area contributed by atoms with Crippen LogP contribution in [0.2, 0.25) is 0 Å². The first-order valence-electron chi connectivity index (χ1n) is 3.69. The minimum Gasteiger partial charge on any atom is -0.391 e. The molecule has 2 nitrogen and oxygen atoms in total. The van der Waals surface area contributed by atoms with E-state index in [1.807, 2.05) is 12.1 Å². The first kappa shape index (κ1) is 9.51. The van der Waals surface area contributed by atoms with Gasteiger partial charge in [0, 0.05) is 0 Å². The van der Waals surface area contributed by atoms with Crippen LogP contribution in [0.25, 0.3) is 0 Å². The molecule has 0 fully saturated rings. The Bertz CT molecular complexity index is 266. The molecule has 0 spiro atoms. The number of halogens is 1. The Morgan fingerprint density at radius 3 is 2.42 bits per heavy atom. The van der Waals surface area contributed by atoms with Crippen molar-refractivity contribution in [2.24, 2.45) is 0 Å². The monoisotopic (exact) mass is 276 g/mol. The molecule has 1 aromatic rings. The molecule has 0 N–H and O–H groups in total. The van der Waals surface area contributed by atoms with Crippen LogP contribution >= 0.6 is 23.0 Å². The number of hydrogen-bond acceptors (Lipinski definition) is 2. The first-order valence-corrected chi connectivity index (χ1v) is 4.58. The summed E-state index contributed by atoms with van der Waals surface area (Å²) < 4.78 is 4.54. The number of rotatable bonds is 2. The van der Waals surface area contributed by atoms with Crippen LogP contribution in [0.3, 0.4) is 0 Å². The second kappa shape index (κ2) is 4.45. The maximum Gasteiger partial charge on any atom is 0.347 e. The summed E-state index contributed by atoms with van der Waals surface area (Å²) in [6.07, 6.45) is 0.986. The van der Waals surface area contributed by atoms with E-state index in [-0.39, 0.29) is 5.97 Å². The SMILES string of the molecule is CCc1ccc(C(=O)OI)cc1. The lowest BCUT2D eigenvalue weighted by molar-refractivity contribution is 0.0800. The maximum atomic E-state index is 11.0. The predicted molar refractivity (Wildman–Crippen MR) is 55.3 cm³/mol. The average Bonchev–Trinajstić information content (AvgIpc) is 2.17. The van der Waals surface area contributed by atoms with E-state index in [9.17, 15) is 4.79 Å². The Morgan fingerprint density at radius 1 is 1.42 bits per heavy atom. The van der Waals surface area contributed by atoms with Gasteiger partial charge in [0.25, 0.3) is 0 Å². The Kier molecular flexibility index (Phi) is 3.52. The highest BCUT2D eigenvalue weighted by atomic mass is 127. The molecule has 1 aromatic carbocycles. The van der Waals surface area contributed by atoms with Gasteiger partial charge in [0.1, 0.15) is 0 Å². The highest BCUT2D eigenvalue weighted by Crippen LogP contribution is 2.07. The molecule has 0 saturated carbocycles. The zero-order valence-corrected chi connectivity index (χ0v) is 8.87. The van der Waals surface area contributed by atoms with E-state index in [1.165, 1.54) is 5.56 Å². The summed E-state index contributed by atoms with van der Waals surface area (Å²) in [6, 6.07) is 7.42. The summed E-state index contributed by atoms with van der Waals surface area (Å²) in [5.41, 5.74) is 1.82. The predicted octanol–water partition coefficient (Wildman–Crippen LogP) is 2.76. The van der Waals surface area contributed by atoms with Crippen LogP contribution < -0.4 is 0 Å². The van der Waals surface area contributed by atoms with Crippen molar-refractivity contribution in [2.45, 2.75) is 13.3 Å². The molecule has 0 radical (unpaired) electrons. The van der Waals surface area contributed by atoms with Gasteiger partial charge in [-0.25, -0.2) is 4.79 Å². The van der Waals surface area contributed by atoms with E-state index in [4.69, 9.17) is 0 Å². The summed E-state index contributed by atoms with van der Waals surface area (Å²) in [4.78, 5) is 11.0. The molecule has 64 valence electrons. The average molecular weight is 276 g/mol. The number of carbonyl (C=O) groups excluding carboxylic acids is 1. The first-order chi connectivity index (χ1) is 5.77. The molecule has 0 amide bonds. The summed E-state index contributed by atoms with van der Waals surface area (Å²) in [7, 11) is 0. The zero-order valence-electron chi connectivity index (χ0n) is 6.71. The third kappa shape index (κ3) is 2.20. The molecule has 1 rings (SSSR count). The van der Waals surface area contributed by atoms with E-state index in [0.29, 0.717) is 5.56 Å². The molecule has 12 heavy (non-hydrogen) atoms. The van der Waals surface area contributed by atoms with Crippen molar-refractivity contribution < 1.29 is 7.86 Å². The summed E-state index contributed by atoms with van der Waals surface area (Å²) in [6.45, 7) is 2.08. The van der Waals surface area contributed by atoms with Crippen LogP contribution in [0.1, 0.15) is 22.8 Å². The van der Waals surface area contributed by atoms with Gasteiger partial charge in [0.05, 0.1) is 5.56 Å². The van der Waals surface area contributed by atoms with Gasteiger partial charge in [-0.1, -0.05) is 19.1 Å². The quantitative estimate of drug-likeness (QED) is 0.776. The molecule has 3 heteroatoms. The second-order valence-corrected chi connectivity index (χ2v) is 2.86. The topological polar surface area (TPSA) is 26.3 Å². The third-order valence-electron chi connectivity index (χ3n) is 1.67. The maximum absolute atomic E-state index is 11.0. The number of aryl methyl sites for hydroxylation is 1. The van der Waals surface area contributed by atoms with E-state index in [0.717, 1.165) is 6.42 Å². The number of benzene rings is 1. The fourth-order valence-corrected chi connectivity index (χ4v) is 1.18. The minimum atomic E-state index is -0.293. The van der Waals surface area contributed by atoms with Gasteiger partial charge >= 0.3 is 5.97 Å². The van der Waals surface area contributed by atoms with Crippen molar-refractivity contribution >= 4 is 29.0 Å². The van der Waals surface area contributed by atoms with Gasteiger partial charge in [-0.15, -0.1) is 0 Å². The molecular formula is C9H9IO2. The lowest BCUT2D eigenvalue weighted by atomic mass is 10.1. The van der Waals surface area contributed by atoms with E-state index in [1.54, 1.807) is 35.1 Å². The van der Waals surface area contributed by atoms with Crippen LogP contribution in [-0.4, -0.2) is 5.97 Å². The van der Waals surface area contributed by atoms with Crippen LogP contribution in [0.4, 0.5) is 0 Å². The second-order valence-electron chi connectivity index (χ2n) is 2.42. The van der Waals surface area contributed by atoms with E-state index >= 15 is 0 Å². The van der Waals surface area contributed by atoms with Crippen molar-refractivity contribution in [1.29, 1.82) is 0 Å². The van der Waals surface area contributed by atoms with Gasteiger partial charge in [-0.2, -0.15) is 0 Å². The molecule has 0 aromatic heterocycles. The minimum absolute atomic E-state index is 0.293. The fourth-order valence-electron chi connectivity index (χ4n) is 0.921.